The standard InChI is InChI=1S/C14H23N5O/c1-10-8-11(2)16-14(15-10)19-7-6-18(5)12(9-19)13(20)17(3)4/h8,12H,6-7,9H2,1-5H3/t12-/m0/s1. The van der Waals surface area contributed by atoms with E-state index in [1.807, 2.05) is 27.0 Å². The van der Waals surface area contributed by atoms with Gasteiger partial charge in [0.05, 0.1) is 0 Å². The van der Waals surface area contributed by atoms with Crippen LogP contribution in [0.2, 0.25) is 0 Å². The summed E-state index contributed by atoms with van der Waals surface area (Å²) >= 11 is 0. The van der Waals surface area contributed by atoms with Crippen LogP contribution in [0.5, 0.6) is 0 Å². The zero-order valence-corrected chi connectivity index (χ0v) is 12.9. The predicted octanol–water partition coefficient (Wildman–Crippen LogP) is 0.302. The molecule has 0 saturated carbocycles. The first-order chi connectivity index (χ1) is 9.38. The van der Waals surface area contributed by atoms with Gasteiger partial charge >= 0.3 is 0 Å². The van der Waals surface area contributed by atoms with Gasteiger partial charge in [0.1, 0.15) is 6.04 Å². The summed E-state index contributed by atoms with van der Waals surface area (Å²) in [5.41, 5.74) is 1.92. The van der Waals surface area contributed by atoms with E-state index < -0.39 is 0 Å². The number of nitrogens with zero attached hydrogens (tertiary/aromatic N) is 5. The summed E-state index contributed by atoms with van der Waals surface area (Å²) < 4.78 is 0. The molecule has 0 radical (unpaired) electrons. The van der Waals surface area contributed by atoms with Crippen LogP contribution in [0.4, 0.5) is 5.95 Å². The van der Waals surface area contributed by atoms with Gasteiger partial charge in [0, 0.05) is 45.1 Å². The maximum absolute atomic E-state index is 12.2. The molecule has 1 atom stereocenters. The van der Waals surface area contributed by atoms with Gasteiger partial charge in [-0.1, -0.05) is 0 Å². The van der Waals surface area contributed by atoms with Gasteiger partial charge in [-0.15, -0.1) is 0 Å². The molecule has 6 heteroatoms. The van der Waals surface area contributed by atoms with Gasteiger partial charge in [-0.3, -0.25) is 9.69 Å². The number of carbonyl (C=O) groups is 1. The summed E-state index contributed by atoms with van der Waals surface area (Å²) in [6, 6.07) is 1.82. The number of piperazine rings is 1. The molecule has 1 saturated heterocycles. The average molecular weight is 277 g/mol. The summed E-state index contributed by atoms with van der Waals surface area (Å²) in [6.45, 7) is 6.25. The van der Waals surface area contributed by atoms with E-state index >= 15 is 0 Å². The van der Waals surface area contributed by atoms with E-state index in [9.17, 15) is 4.79 Å². The minimum atomic E-state index is -0.136. The Kier molecular flexibility index (Phi) is 4.23. The monoisotopic (exact) mass is 277 g/mol. The number of anilines is 1. The van der Waals surface area contributed by atoms with E-state index in [4.69, 9.17) is 0 Å². The number of hydrogen-bond donors (Lipinski definition) is 0. The molecule has 1 aromatic rings. The highest BCUT2D eigenvalue weighted by atomic mass is 16.2. The number of rotatable bonds is 2. The lowest BCUT2D eigenvalue weighted by atomic mass is 10.1. The topological polar surface area (TPSA) is 52.6 Å². The molecule has 2 heterocycles. The Morgan fingerprint density at radius 1 is 1.25 bits per heavy atom. The lowest BCUT2D eigenvalue weighted by Gasteiger charge is -2.39. The first-order valence-corrected chi connectivity index (χ1v) is 6.87. The van der Waals surface area contributed by atoms with Crippen molar-refractivity contribution in [2.24, 2.45) is 0 Å². The Hall–Kier alpha value is -1.69. The second kappa shape index (κ2) is 5.75. The van der Waals surface area contributed by atoms with Crippen molar-refractivity contribution in [3.05, 3.63) is 17.5 Å². The Bertz CT molecular complexity index is 482. The number of carbonyl (C=O) groups excluding carboxylic acids is 1. The van der Waals surface area contributed by atoms with Gasteiger partial charge in [0.2, 0.25) is 11.9 Å². The molecule has 2 rings (SSSR count). The predicted molar refractivity (Wildman–Crippen MR) is 78.8 cm³/mol. The quantitative estimate of drug-likeness (QED) is 0.778. The average Bonchev–Trinajstić information content (AvgIpc) is 2.37. The van der Waals surface area contributed by atoms with Crippen molar-refractivity contribution < 1.29 is 4.79 Å². The molecule has 110 valence electrons. The van der Waals surface area contributed by atoms with Crippen LogP contribution in [0.15, 0.2) is 6.07 Å². The number of hydrogen-bond acceptors (Lipinski definition) is 5. The third-order valence-electron chi connectivity index (χ3n) is 3.63. The maximum atomic E-state index is 12.2. The molecule has 1 aromatic heterocycles. The molecular formula is C14H23N5O. The summed E-state index contributed by atoms with van der Waals surface area (Å²) in [6.07, 6.45) is 0. The summed E-state index contributed by atoms with van der Waals surface area (Å²) in [7, 11) is 5.58. The number of likely N-dealkylation sites (N-methyl/N-ethyl adjacent to an activating group) is 2. The summed E-state index contributed by atoms with van der Waals surface area (Å²) in [5.74, 6) is 0.855. The van der Waals surface area contributed by atoms with E-state index in [2.05, 4.69) is 19.8 Å². The van der Waals surface area contributed by atoms with Gasteiger partial charge in [-0.25, -0.2) is 9.97 Å². The van der Waals surface area contributed by atoms with Crippen LogP contribution in [0.3, 0.4) is 0 Å². The molecule has 20 heavy (non-hydrogen) atoms. The highest BCUT2D eigenvalue weighted by Crippen LogP contribution is 2.16. The molecule has 1 amide bonds. The van der Waals surface area contributed by atoms with E-state index in [-0.39, 0.29) is 11.9 Å². The zero-order valence-electron chi connectivity index (χ0n) is 12.9. The lowest BCUT2D eigenvalue weighted by Crippen LogP contribution is -2.57. The fraction of sp³-hybridized carbons (Fsp3) is 0.643. The summed E-state index contributed by atoms with van der Waals surface area (Å²) in [5, 5.41) is 0. The smallest absolute Gasteiger partial charge is 0.241 e. The van der Waals surface area contributed by atoms with Crippen LogP contribution in [-0.4, -0.2) is 72.5 Å². The normalized spacial score (nSPS) is 20.1. The first kappa shape index (κ1) is 14.7. The molecule has 0 bridgehead atoms. The highest BCUT2D eigenvalue weighted by molar-refractivity contribution is 5.82. The molecular weight excluding hydrogens is 254 g/mol. The van der Waals surface area contributed by atoms with E-state index in [1.54, 1.807) is 19.0 Å². The van der Waals surface area contributed by atoms with Crippen molar-refractivity contribution in [3.8, 4) is 0 Å². The van der Waals surface area contributed by atoms with E-state index in [0.29, 0.717) is 6.54 Å². The highest BCUT2D eigenvalue weighted by Gasteiger charge is 2.32. The molecule has 1 fully saturated rings. The van der Waals surface area contributed by atoms with Crippen LogP contribution >= 0.6 is 0 Å². The van der Waals surface area contributed by atoms with Crippen molar-refractivity contribution in [1.82, 2.24) is 19.8 Å². The van der Waals surface area contributed by atoms with Crippen molar-refractivity contribution in [2.45, 2.75) is 19.9 Å². The molecule has 0 aliphatic carbocycles. The third-order valence-corrected chi connectivity index (χ3v) is 3.63. The second-order valence-electron chi connectivity index (χ2n) is 5.63. The largest absolute Gasteiger partial charge is 0.347 e. The lowest BCUT2D eigenvalue weighted by molar-refractivity contribution is -0.134. The van der Waals surface area contributed by atoms with E-state index in [1.165, 1.54) is 0 Å². The van der Waals surface area contributed by atoms with Crippen LogP contribution in [0, 0.1) is 13.8 Å². The Balaban J connectivity index is 2.20. The van der Waals surface area contributed by atoms with Gasteiger partial charge < -0.3 is 9.80 Å². The number of amides is 1. The van der Waals surface area contributed by atoms with Crippen LogP contribution < -0.4 is 4.90 Å². The SMILES string of the molecule is Cc1cc(C)nc(N2CCN(C)[C@H](C(=O)N(C)C)C2)n1. The first-order valence-electron chi connectivity index (χ1n) is 6.87. The van der Waals surface area contributed by atoms with Gasteiger partial charge in [-0.05, 0) is 27.0 Å². The van der Waals surface area contributed by atoms with Gasteiger partial charge in [0.15, 0.2) is 0 Å². The van der Waals surface area contributed by atoms with Crippen molar-refractivity contribution >= 4 is 11.9 Å². The Morgan fingerprint density at radius 3 is 2.40 bits per heavy atom. The Labute approximate surface area is 120 Å². The number of aryl methyl sites for hydroxylation is 2. The molecule has 0 spiro atoms. The third kappa shape index (κ3) is 3.07. The molecule has 6 nitrogen and oxygen atoms in total. The van der Waals surface area contributed by atoms with Crippen molar-refractivity contribution in [3.63, 3.8) is 0 Å². The second-order valence-corrected chi connectivity index (χ2v) is 5.63. The summed E-state index contributed by atoms with van der Waals surface area (Å²) in [4.78, 5) is 27.1. The van der Waals surface area contributed by atoms with Gasteiger partial charge in [-0.2, -0.15) is 0 Å². The molecule has 0 aromatic carbocycles. The van der Waals surface area contributed by atoms with E-state index in [0.717, 1.165) is 30.4 Å². The van der Waals surface area contributed by atoms with Crippen molar-refractivity contribution in [2.75, 3.05) is 45.7 Å². The van der Waals surface area contributed by atoms with Crippen molar-refractivity contribution in [1.29, 1.82) is 0 Å². The fourth-order valence-corrected chi connectivity index (χ4v) is 2.47. The fourth-order valence-electron chi connectivity index (χ4n) is 2.47. The minimum Gasteiger partial charge on any atom is -0.347 e. The minimum absolute atomic E-state index is 0.126. The molecule has 1 aliphatic heterocycles. The van der Waals surface area contributed by atoms with Crippen LogP contribution in [0.1, 0.15) is 11.4 Å². The molecule has 0 unspecified atom stereocenters. The maximum Gasteiger partial charge on any atom is 0.241 e. The van der Waals surface area contributed by atoms with Gasteiger partial charge in [0.25, 0.3) is 0 Å². The molecule has 0 N–H and O–H groups in total. The zero-order chi connectivity index (χ0) is 14.9. The van der Waals surface area contributed by atoms with Crippen LogP contribution in [0.25, 0.3) is 0 Å². The van der Waals surface area contributed by atoms with Crippen LogP contribution in [-0.2, 0) is 4.79 Å². The molecule has 1 aliphatic rings. The Morgan fingerprint density at radius 2 is 1.85 bits per heavy atom. The number of aromatic nitrogens is 2.